The third-order valence-electron chi connectivity index (χ3n) is 3.89. The van der Waals surface area contributed by atoms with Crippen molar-refractivity contribution in [2.24, 2.45) is 0 Å². The standard InChI is InChI=1S/C19H17FN2O5S/c20-15-4-2-1-3-14(15)11-28-8-7-21-19(23)6-5-13-9-17-18(27-12-26-17)10-16(13)22(24)25/h1-6,9-10H,7-8,11-12H2,(H,21,23)/b6-5+. The van der Waals surface area contributed by atoms with E-state index in [1.807, 2.05) is 0 Å². The Bertz CT molecular complexity index is 919. The molecule has 1 heterocycles. The van der Waals surface area contributed by atoms with Crippen LogP contribution in [0.25, 0.3) is 6.08 Å². The van der Waals surface area contributed by atoms with E-state index in [0.29, 0.717) is 35.1 Å². The van der Waals surface area contributed by atoms with E-state index < -0.39 is 4.92 Å². The fraction of sp³-hybridized carbons (Fsp3) is 0.211. The van der Waals surface area contributed by atoms with Crippen molar-refractivity contribution in [2.45, 2.75) is 5.75 Å². The predicted molar refractivity (Wildman–Crippen MR) is 104 cm³/mol. The Kier molecular flexibility index (Phi) is 6.49. The maximum atomic E-state index is 13.5. The van der Waals surface area contributed by atoms with Crippen molar-refractivity contribution in [2.75, 3.05) is 19.1 Å². The molecule has 1 amide bonds. The van der Waals surface area contributed by atoms with Crippen molar-refractivity contribution in [3.63, 3.8) is 0 Å². The van der Waals surface area contributed by atoms with Crippen molar-refractivity contribution >= 4 is 29.4 Å². The van der Waals surface area contributed by atoms with E-state index in [2.05, 4.69) is 5.32 Å². The third-order valence-corrected chi connectivity index (χ3v) is 4.90. The number of fused-ring (bicyclic) bond motifs is 1. The molecule has 0 fully saturated rings. The van der Waals surface area contributed by atoms with E-state index in [1.54, 1.807) is 18.2 Å². The molecular weight excluding hydrogens is 387 g/mol. The fourth-order valence-corrected chi connectivity index (χ4v) is 3.35. The number of halogens is 1. The second-order valence-corrected chi connectivity index (χ2v) is 6.89. The summed E-state index contributed by atoms with van der Waals surface area (Å²) in [7, 11) is 0. The number of amides is 1. The van der Waals surface area contributed by atoms with Crippen LogP contribution in [0.15, 0.2) is 42.5 Å². The van der Waals surface area contributed by atoms with E-state index in [4.69, 9.17) is 9.47 Å². The monoisotopic (exact) mass is 404 g/mol. The molecule has 1 aliphatic heterocycles. The number of thioether (sulfide) groups is 1. The lowest BCUT2D eigenvalue weighted by Gasteiger charge is -2.04. The van der Waals surface area contributed by atoms with Gasteiger partial charge in [-0.3, -0.25) is 14.9 Å². The molecule has 0 saturated heterocycles. The molecule has 3 rings (SSSR count). The van der Waals surface area contributed by atoms with Gasteiger partial charge in [0.25, 0.3) is 5.69 Å². The van der Waals surface area contributed by atoms with Crippen molar-refractivity contribution in [3.05, 3.63) is 69.5 Å². The first-order valence-electron chi connectivity index (χ1n) is 8.39. The first-order chi connectivity index (χ1) is 13.5. The van der Waals surface area contributed by atoms with Crippen LogP contribution in [0.4, 0.5) is 10.1 Å². The number of hydrogen-bond donors (Lipinski definition) is 1. The highest BCUT2D eigenvalue weighted by Gasteiger charge is 2.22. The van der Waals surface area contributed by atoms with Crippen LogP contribution in [-0.2, 0) is 10.5 Å². The summed E-state index contributed by atoms with van der Waals surface area (Å²) >= 11 is 1.50. The second-order valence-electron chi connectivity index (χ2n) is 5.79. The van der Waals surface area contributed by atoms with Gasteiger partial charge in [-0.25, -0.2) is 4.39 Å². The Morgan fingerprint density at radius 2 is 2.04 bits per heavy atom. The van der Waals surface area contributed by atoms with Crippen LogP contribution >= 0.6 is 11.8 Å². The van der Waals surface area contributed by atoms with Crippen LogP contribution < -0.4 is 14.8 Å². The maximum absolute atomic E-state index is 13.5. The summed E-state index contributed by atoms with van der Waals surface area (Å²) in [4.78, 5) is 22.6. The minimum Gasteiger partial charge on any atom is -0.454 e. The van der Waals surface area contributed by atoms with Crippen LogP contribution in [0.3, 0.4) is 0 Å². The number of ether oxygens (including phenoxy) is 2. The van der Waals surface area contributed by atoms with E-state index in [1.165, 1.54) is 42.1 Å². The summed E-state index contributed by atoms with van der Waals surface area (Å²) in [6.45, 7) is 0.399. The Morgan fingerprint density at radius 1 is 1.29 bits per heavy atom. The molecule has 1 aliphatic rings. The molecule has 146 valence electrons. The number of hydrogen-bond acceptors (Lipinski definition) is 6. The summed E-state index contributed by atoms with van der Waals surface area (Å²) < 4.78 is 23.8. The van der Waals surface area contributed by atoms with Crippen LogP contribution in [0.5, 0.6) is 11.5 Å². The van der Waals surface area contributed by atoms with Crippen LogP contribution in [0, 0.1) is 15.9 Å². The second kappa shape index (κ2) is 9.23. The van der Waals surface area contributed by atoms with Gasteiger partial charge in [0.1, 0.15) is 5.82 Å². The van der Waals surface area contributed by atoms with Crippen LogP contribution in [-0.4, -0.2) is 29.9 Å². The van der Waals surface area contributed by atoms with Crippen molar-refractivity contribution in [1.82, 2.24) is 5.32 Å². The van der Waals surface area contributed by atoms with E-state index in [9.17, 15) is 19.3 Å². The average Bonchev–Trinajstić information content (AvgIpc) is 3.14. The van der Waals surface area contributed by atoms with Crippen LogP contribution in [0.2, 0.25) is 0 Å². The lowest BCUT2D eigenvalue weighted by Crippen LogP contribution is -2.23. The molecule has 28 heavy (non-hydrogen) atoms. The minimum atomic E-state index is -0.543. The van der Waals surface area contributed by atoms with Gasteiger partial charge >= 0.3 is 0 Å². The normalized spacial score (nSPS) is 12.3. The molecule has 0 bridgehead atoms. The quantitative estimate of drug-likeness (QED) is 0.313. The fourth-order valence-electron chi connectivity index (χ4n) is 2.51. The number of nitrogens with zero attached hydrogens (tertiary/aromatic N) is 1. The largest absolute Gasteiger partial charge is 0.454 e. The molecule has 0 spiro atoms. The van der Waals surface area contributed by atoms with Gasteiger partial charge < -0.3 is 14.8 Å². The smallest absolute Gasteiger partial charge is 0.280 e. The van der Waals surface area contributed by atoms with Crippen LogP contribution in [0.1, 0.15) is 11.1 Å². The molecule has 7 nitrogen and oxygen atoms in total. The molecule has 0 atom stereocenters. The number of nitro benzene ring substituents is 1. The first kappa shape index (κ1) is 19.7. The molecule has 0 unspecified atom stereocenters. The van der Waals surface area contributed by atoms with E-state index in [-0.39, 0.29) is 29.8 Å². The Balaban J connectivity index is 1.49. The van der Waals surface area contributed by atoms with Gasteiger partial charge in [-0.05, 0) is 23.8 Å². The molecule has 1 N–H and O–H groups in total. The molecular formula is C19H17FN2O5S. The zero-order valence-electron chi connectivity index (χ0n) is 14.7. The zero-order valence-corrected chi connectivity index (χ0v) is 15.5. The van der Waals surface area contributed by atoms with Crippen molar-refractivity contribution in [3.8, 4) is 11.5 Å². The van der Waals surface area contributed by atoms with Gasteiger partial charge in [0.15, 0.2) is 11.5 Å². The van der Waals surface area contributed by atoms with E-state index in [0.717, 1.165) is 0 Å². The summed E-state index contributed by atoms with van der Waals surface area (Å²) in [5.74, 6) is 1.21. The molecule has 2 aromatic carbocycles. The number of nitrogens with one attached hydrogen (secondary N) is 1. The highest BCUT2D eigenvalue weighted by molar-refractivity contribution is 7.98. The highest BCUT2D eigenvalue weighted by atomic mass is 32.2. The molecule has 0 aromatic heterocycles. The highest BCUT2D eigenvalue weighted by Crippen LogP contribution is 2.38. The zero-order chi connectivity index (χ0) is 19.9. The number of nitro groups is 1. The minimum absolute atomic E-state index is 0.00465. The van der Waals surface area contributed by atoms with Crippen molar-refractivity contribution < 1.29 is 23.6 Å². The number of benzene rings is 2. The number of carbonyl (C=O) groups is 1. The SMILES string of the molecule is O=C(/C=C/c1cc2c(cc1[N+](=O)[O-])OCO2)NCCSCc1ccccc1F. The van der Waals surface area contributed by atoms with Gasteiger partial charge in [-0.15, -0.1) is 0 Å². The summed E-state index contributed by atoms with van der Waals surface area (Å²) in [6, 6.07) is 9.30. The van der Waals surface area contributed by atoms with Gasteiger partial charge in [0, 0.05) is 24.1 Å². The Hall–Kier alpha value is -3.07. The summed E-state index contributed by atoms with van der Waals surface area (Å²) in [6.07, 6.45) is 2.59. The molecule has 0 radical (unpaired) electrons. The van der Waals surface area contributed by atoms with E-state index >= 15 is 0 Å². The predicted octanol–water partition coefficient (Wildman–Crippen LogP) is 3.53. The van der Waals surface area contributed by atoms with Gasteiger partial charge in [0.05, 0.1) is 16.6 Å². The lowest BCUT2D eigenvalue weighted by atomic mass is 10.1. The van der Waals surface area contributed by atoms with Gasteiger partial charge in [-0.1, -0.05) is 18.2 Å². The third kappa shape index (κ3) is 5.01. The lowest BCUT2D eigenvalue weighted by molar-refractivity contribution is -0.385. The molecule has 0 saturated carbocycles. The molecule has 9 heteroatoms. The average molecular weight is 404 g/mol. The first-order valence-corrected chi connectivity index (χ1v) is 9.55. The Labute approximate surface area is 164 Å². The summed E-state index contributed by atoms with van der Waals surface area (Å²) in [5.41, 5.74) is 0.695. The topological polar surface area (TPSA) is 90.7 Å². The Morgan fingerprint density at radius 3 is 2.79 bits per heavy atom. The number of carbonyl (C=O) groups excluding carboxylic acids is 1. The molecule has 0 aliphatic carbocycles. The molecule has 2 aromatic rings. The van der Waals surface area contributed by atoms with Gasteiger partial charge in [0.2, 0.25) is 12.7 Å². The summed E-state index contributed by atoms with van der Waals surface area (Å²) in [5, 5.41) is 13.9. The van der Waals surface area contributed by atoms with Crippen molar-refractivity contribution in [1.29, 1.82) is 0 Å². The van der Waals surface area contributed by atoms with Gasteiger partial charge in [-0.2, -0.15) is 11.8 Å². The number of rotatable bonds is 8. The maximum Gasteiger partial charge on any atom is 0.280 e.